The molecule has 14 heavy (non-hydrogen) atoms. The van der Waals surface area contributed by atoms with Crippen LogP contribution in [0.5, 0.6) is 0 Å². The molecule has 0 fully saturated rings. The van der Waals surface area contributed by atoms with Crippen molar-refractivity contribution < 1.29 is 4.74 Å². The van der Waals surface area contributed by atoms with Crippen LogP contribution < -0.4 is 5.32 Å². The van der Waals surface area contributed by atoms with Gasteiger partial charge in [0.1, 0.15) is 0 Å². The molecular formula is C12H25NO. The van der Waals surface area contributed by atoms with E-state index < -0.39 is 0 Å². The monoisotopic (exact) mass is 199 g/mol. The lowest BCUT2D eigenvalue weighted by Crippen LogP contribution is -2.26. The second kappa shape index (κ2) is 8.01. The van der Waals surface area contributed by atoms with E-state index in [9.17, 15) is 0 Å². The first-order valence-electron chi connectivity index (χ1n) is 5.57. The van der Waals surface area contributed by atoms with Crippen molar-refractivity contribution in [2.24, 2.45) is 0 Å². The van der Waals surface area contributed by atoms with E-state index in [2.05, 4.69) is 39.6 Å². The summed E-state index contributed by atoms with van der Waals surface area (Å²) in [5, 5.41) is 3.32. The average Bonchev–Trinajstić information content (AvgIpc) is 2.12. The van der Waals surface area contributed by atoms with Crippen LogP contribution in [0.15, 0.2) is 12.2 Å². The number of hydrogen-bond acceptors (Lipinski definition) is 2. The van der Waals surface area contributed by atoms with Crippen molar-refractivity contribution in [1.82, 2.24) is 5.32 Å². The largest absolute Gasteiger partial charge is 0.374 e. The Morgan fingerprint density at radius 3 is 2.50 bits per heavy atom. The van der Waals surface area contributed by atoms with Gasteiger partial charge in [-0.1, -0.05) is 33.8 Å². The van der Waals surface area contributed by atoms with Crippen molar-refractivity contribution >= 4 is 0 Å². The fourth-order valence-corrected chi connectivity index (χ4v) is 1.15. The Hall–Kier alpha value is -0.340. The van der Waals surface area contributed by atoms with E-state index in [-0.39, 0.29) is 0 Å². The van der Waals surface area contributed by atoms with Crippen molar-refractivity contribution in [3.63, 3.8) is 0 Å². The fraction of sp³-hybridized carbons (Fsp3) is 0.833. The van der Waals surface area contributed by atoms with Gasteiger partial charge in [-0.15, -0.1) is 0 Å². The highest BCUT2D eigenvalue weighted by atomic mass is 16.5. The van der Waals surface area contributed by atoms with Gasteiger partial charge in [0.15, 0.2) is 0 Å². The van der Waals surface area contributed by atoms with Gasteiger partial charge >= 0.3 is 0 Å². The summed E-state index contributed by atoms with van der Waals surface area (Å²) in [6.45, 7) is 14.1. The Morgan fingerprint density at radius 1 is 1.36 bits per heavy atom. The highest BCUT2D eigenvalue weighted by Crippen LogP contribution is 2.02. The van der Waals surface area contributed by atoms with Gasteiger partial charge < -0.3 is 10.1 Å². The molecule has 84 valence electrons. The van der Waals surface area contributed by atoms with Crippen molar-refractivity contribution in [2.75, 3.05) is 13.2 Å². The zero-order valence-corrected chi connectivity index (χ0v) is 10.1. The molecule has 2 nitrogen and oxygen atoms in total. The van der Waals surface area contributed by atoms with Crippen LogP contribution in [0.2, 0.25) is 0 Å². The molecule has 0 aromatic carbocycles. The Kier molecular flexibility index (Phi) is 7.81. The maximum atomic E-state index is 5.64. The van der Waals surface area contributed by atoms with E-state index in [4.69, 9.17) is 4.74 Å². The first-order chi connectivity index (χ1) is 6.56. The van der Waals surface area contributed by atoms with E-state index in [1.807, 2.05) is 0 Å². The van der Waals surface area contributed by atoms with Crippen LogP contribution in [-0.2, 0) is 4.74 Å². The maximum Gasteiger partial charge on any atom is 0.0690 e. The van der Waals surface area contributed by atoms with Crippen molar-refractivity contribution in [1.29, 1.82) is 0 Å². The molecule has 0 aromatic heterocycles. The van der Waals surface area contributed by atoms with Crippen molar-refractivity contribution in [2.45, 2.75) is 52.7 Å². The van der Waals surface area contributed by atoms with E-state index in [0.29, 0.717) is 18.8 Å². The molecule has 0 saturated carbocycles. The predicted molar refractivity (Wildman–Crippen MR) is 62.6 cm³/mol. The number of nitrogens with one attached hydrogen (secondary N) is 1. The molecule has 2 heteroatoms. The van der Waals surface area contributed by atoms with Crippen LogP contribution in [0.3, 0.4) is 0 Å². The summed E-state index contributed by atoms with van der Waals surface area (Å²) in [4.78, 5) is 0. The van der Waals surface area contributed by atoms with Crippen LogP contribution >= 0.6 is 0 Å². The zero-order valence-electron chi connectivity index (χ0n) is 10.1. The summed E-state index contributed by atoms with van der Waals surface area (Å²) in [5.41, 5.74) is 1.13. The molecule has 0 aliphatic carbocycles. The second-order valence-corrected chi connectivity index (χ2v) is 4.20. The van der Waals surface area contributed by atoms with Gasteiger partial charge in [0, 0.05) is 12.6 Å². The zero-order chi connectivity index (χ0) is 11.0. The average molecular weight is 199 g/mol. The molecule has 0 saturated heterocycles. The highest BCUT2D eigenvalue weighted by Gasteiger charge is 2.02. The summed E-state index contributed by atoms with van der Waals surface area (Å²) in [7, 11) is 0. The van der Waals surface area contributed by atoms with Crippen LogP contribution in [0.25, 0.3) is 0 Å². The molecule has 1 N–H and O–H groups in total. The third-order valence-corrected chi connectivity index (χ3v) is 2.03. The van der Waals surface area contributed by atoms with E-state index >= 15 is 0 Å². The maximum absolute atomic E-state index is 5.64. The molecule has 0 radical (unpaired) electrons. The fourth-order valence-electron chi connectivity index (χ4n) is 1.15. The van der Waals surface area contributed by atoms with Crippen molar-refractivity contribution in [3.05, 3.63) is 12.2 Å². The number of hydrogen-bond donors (Lipinski definition) is 1. The SMILES string of the molecule is C=C(CNC(C)C)COC(C)CCC. The number of ether oxygens (including phenoxy) is 1. The Balaban J connectivity index is 3.43. The van der Waals surface area contributed by atoms with E-state index in [1.54, 1.807) is 0 Å². The number of rotatable bonds is 8. The molecule has 0 spiro atoms. The van der Waals surface area contributed by atoms with Gasteiger partial charge in [-0.05, 0) is 18.9 Å². The summed E-state index contributed by atoms with van der Waals surface area (Å²) in [5.74, 6) is 0. The minimum Gasteiger partial charge on any atom is -0.374 e. The van der Waals surface area contributed by atoms with Crippen LogP contribution in [0.4, 0.5) is 0 Å². The molecule has 0 aliphatic heterocycles. The van der Waals surface area contributed by atoms with Crippen LogP contribution in [0, 0.1) is 0 Å². The third kappa shape index (κ3) is 8.27. The molecule has 0 aromatic rings. The van der Waals surface area contributed by atoms with E-state index in [1.165, 1.54) is 6.42 Å². The first-order valence-corrected chi connectivity index (χ1v) is 5.57. The van der Waals surface area contributed by atoms with Gasteiger partial charge in [-0.3, -0.25) is 0 Å². The topological polar surface area (TPSA) is 21.3 Å². The van der Waals surface area contributed by atoms with Crippen molar-refractivity contribution in [3.8, 4) is 0 Å². The standard InChI is InChI=1S/C12H25NO/c1-6-7-12(5)14-9-11(4)8-13-10(2)3/h10,12-13H,4,6-9H2,1-3,5H3. The molecule has 1 unspecified atom stereocenters. The molecule has 0 rings (SSSR count). The summed E-state index contributed by atoms with van der Waals surface area (Å²) in [6.07, 6.45) is 2.67. The smallest absolute Gasteiger partial charge is 0.0690 e. The van der Waals surface area contributed by atoms with Gasteiger partial charge in [-0.2, -0.15) is 0 Å². The normalized spacial score (nSPS) is 13.2. The molecule has 1 atom stereocenters. The predicted octanol–water partition coefficient (Wildman–Crippen LogP) is 2.75. The van der Waals surface area contributed by atoms with Gasteiger partial charge in [0.25, 0.3) is 0 Å². The third-order valence-electron chi connectivity index (χ3n) is 2.03. The Bertz CT molecular complexity index is 154. The lowest BCUT2D eigenvalue weighted by Gasteiger charge is -2.14. The van der Waals surface area contributed by atoms with Gasteiger partial charge in [-0.25, -0.2) is 0 Å². The minimum atomic E-state index is 0.357. The summed E-state index contributed by atoms with van der Waals surface area (Å²) >= 11 is 0. The summed E-state index contributed by atoms with van der Waals surface area (Å²) < 4.78 is 5.64. The second-order valence-electron chi connectivity index (χ2n) is 4.20. The summed E-state index contributed by atoms with van der Waals surface area (Å²) in [6, 6.07) is 0.514. The Labute approximate surface area is 88.7 Å². The first kappa shape index (κ1) is 13.7. The van der Waals surface area contributed by atoms with Crippen LogP contribution in [0.1, 0.15) is 40.5 Å². The lowest BCUT2D eigenvalue weighted by molar-refractivity contribution is 0.0758. The highest BCUT2D eigenvalue weighted by molar-refractivity contribution is 4.97. The minimum absolute atomic E-state index is 0.357. The lowest BCUT2D eigenvalue weighted by atomic mass is 10.2. The molecular weight excluding hydrogens is 174 g/mol. The molecule has 0 aliphatic rings. The van der Waals surface area contributed by atoms with Gasteiger partial charge in [0.2, 0.25) is 0 Å². The van der Waals surface area contributed by atoms with Gasteiger partial charge in [0.05, 0.1) is 12.7 Å². The molecule has 0 heterocycles. The van der Waals surface area contributed by atoms with E-state index in [0.717, 1.165) is 18.5 Å². The molecule has 0 amide bonds. The molecule has 0 bridgehead atoms. The Morgan fingerprint density at radius 2 is 2.00 bits per heavy atom. The van der Waals surface area contributed by atoms with Crippen LogP contribution in [-0.4, -0.2) is 25.3 Å². The quantitative estimate of drug-likeness (QED) is 0.607.